The Kier molecular flexibility index (Phi) is 2.92. The Labute approximate surface area is 100 Å². The van der Waals surface area contributed by atoms with Crippen molar-refractivity contribution in [3.05, 3.63) is 23.8 Å². The average molecular weight is 261 g/mol. The molecule has 0 aliphatic heterocycles. The summed E-state index contributed by atoms with van der Waals surface area (Å²) in [5, 5.41) is 0. The predicted octanol–water partition coefficient (Wildman–Crippen LogP) is 2.83. The van der Waals surface area contributed by atoms with Crippen LogP contribution in [-0.4, -0.2) is 21.9 Å². The Morgan fingerprint density at radius 1 is 1.39 bits per heavy atom. The summed E-state index contributed by atoms with van der Waals surface area (Å²) in [7, 11) is 0. The summed E-state index contributed by atoms with van der Waals surface area (Å²) in [6, 6.07) is 4.93. The van der Waals surface area contributed by atoms with Gasteiger partial charge in [-0.25, -0.2) is 13.8 Å². The van der Waals surface area contributed by atoms with Gasteiger partial charge >= 0.3 is 12.3 Å². The highest BCUT2D eigenvalue weighted by molar-refractivity contribution is 5.79. The maximum absolute atomic E-state index is 13.1. The SMILES string of the molecule is Cc1ccc2nc(N)n(CC(F)(F)C(F)F)c2c1. The van der Waals surface area contributed by atoms with Gasteiger partial charge in [-0.2, -0.15) is 8.78 Å². The van der Waals surface area contributed by atoms with E-state index in [0.29, 0.717) is 11.0 Å². The fourth-order valence-corrected chi connectivity index (χ4v) is 1.70. The number of alkyl halides is 4. The van der Waals surface area contributed by atoms with E-state index >= 15 is 0 Å². The van der Waals surface area contributed by atoms with Gasteiger partial charge in [0.25, 0.3) is 0 Å². The molecule has 0 saturated carbocycles. The number of nitrogens with two attached hydrogens (primary N) is 1. The molecule has 1 aromatic heterocycles. The largest absolute Gasteiger partial charge is 0.369 e. The molecule has 3 nitrogen and oxygen atoms in total. The molecule has 0 saturated heterocycles. The summed E-state index contributed by atoms with van der Waals surface area (Å²) in [4.78, 5) is 3.86. The van der Waals surface area contributed by atoms with E-state index in [4.69, 9.17) is 5.73 Å². The third-order valence-electron chi connectivity index (χ3n) is 2.62. The van der Waals surface area contributed by atoms with Gasteiger partial charge < -0.3 is 10.3 Å². The van der Waals surface area contributed by atoms with Gasteiger partial charge in [-0.15, -0.1) is 0 Å². The number of rotatable bonds is 3. The number of benzene rings is 1. The second-order valence-electron chi connectivity index (χ2n) is 4.11. The van der Waals surface area contributed by atoms with E-state index in [9.17, 15) is 17.6 Å². The first-order valence-electron chi connectivity index (χ1n) is 5.19. The van der Waals surface area contributed by atoms with Crippen LogP contribution in [-0.2, 0) is 6.54 Å². The number of fused-ring (bicyclic) bond motifs is 1. The molecule has 18 heavy (non-hydrogen) atoms. The Bertz CT molecular complexity index is 577. The topological polar surface area (TPSA) is 43.8 Å². The second kappa shape index (κ2) is 4.15. The zero-order valence-electron chi connectivity index (χ0n) is 9.50. The van der Waals surface area contributed by atoms with Crippen LogP contribution in [0.3, 0.4) is 0 Å². The quantitative estimate of drug-likeness (QED) is 0.863. The molecule has 0 bridgehead atoms. The molecular formula is C11H11F4N3. The van der Waals surface area contributed by atoms with E-state index in [1.54, 1.807) is 25.1 Å². The van der Waals surface area contributed by atoms with Gasteiger partial charge in [-0.3, -0.25) is 0 Å². The standard InChI is InChI=1S/C11H11F4N3/c1-6-2-3-7-8(4-6)18(10(16)17-7)5-11(14,15)9(12)13/h2-4,9H,5H2,1H3,(H2,16,17). The van der Waals surface area contributed by atoms with Crippen molar-refractivity contribution in [2.45, 2.75) is 25.8 Å². The van der Waals surface area contributed by atoms with Crippen LogP contribution in [0.1, 0.15) is 5.56 Å². The highest BCUT2D eigenvalue weighted by atomic mass is 19.3. The number of anilines is 1. The van der Waals surface area contributed by atoms with E-state index < -0.39 is 18.9 Å². The summed E-state index contributed by atoms with van der Waals surface area (Å²) in [6.07, 6.45) is -3.74. The lowest BCUT2D eigenvalue weighted by molar-refractivity contribution is -0.136. The molecule has 98 valence electrons. The van der Waals surface area contributed by atoms with Crippen molar-refractivity contribution in [1.29, 1.82) is 0 Å². The van der Waals surface area contributed by atoms with Crippen molar-refractivity contribution >= 4 is 17.0 Å². The summed E-state index contributed by atoms with van der Waals surface area (Å²) < 4.78 is 51.4. The van der Waals surface area contributed by atoms with E-state index in [1.807, 2.05) is 0 Å². The van der Waals surface area contributed by atoms with Gasteiger partial charge in [0.1, 0.15) is 0 Å². The molecule has 2 rings (SSSR count). The summed E-state index contributed by atoms with van der Waals surface area (Å²) >= 11 is 0. The first kappa shape index (κ1) is 12.7. The van der Waals surface area contributed by atoms with Gasteiger partial charge in [0.2, 0.25) is 5.95 Å². The van der Waals surface area contributed by atoms with Gasteiger partial charge in [-0.05, 0) is 24.6 Å². The normalized spacial score (nSPS) is 12.6. The number of imidazole rings is 1. The minimum absolute atomic E-state index is 0.198. The van der Waals surface area contributed by atoms with Crippen molar-refractivity contribution in [2.24, 2.45) is 0 Å². The molecule has 1 aromatic carbocycles. The highest BCUT2D eigenvalue weighted by Gasteiger charge is 2.41. The van der Waals surface area contributed by atoms with Gasteiger partial charge in [0.05, 0.1) is 17.6 Å². The third-order valence-corrected chi connectivity index (χ3v) is 2.62. The van der Waals surface area contributed by atoms with E-state index in [0.717, 1.165) is 10.1 Å². The van der Waals surface area contributed by atoms with E-state index in [-0.39, 0.29) is 5.95 Å². The lowest BCUT2D eigenvalue weighted by Crippen LogP contribution is -2.32. The molecule has 2 N–H and O–H groups in total. The molecule has 0 unspecified atom stereocenters. The molecule has 0 spiro atoms. The summed E-state index contributed by atoms with van der Waals surface area (Å²) in [5.74, 6) is -4.33. The Morgan fingerprint density at radius 2 is 2.06 bits per heavy atom. The van der Waals surface area contributed by atoms with Crippen LogP contribution in [0.4, 0.5) is 23.5 Å². The molecule has 2 aromatic rings. The molecule has 0 amide bonds. The van der Waals surface area contributed by atoms with Crippen molar-refractivity contribution in [3.8, 4) is 0 Å². The monoisotopic (exact) mass is 261 g/mol. The molecule has 0 aliphatic rings. The predicted molar refractivity (Wildman–Crippen MR) is 59.8 cm³/mol. The Balaban J connectivity index is 2.50. The minimum atomic E-state index is -4.13. The summed E-state index contributed by atoms with van der Waals surface area (Å²) in [5.41, 5.74) is 7.03. The van der Waals surface area contributed by atoms with Crippen molar-refractivity contribution in [1.82, 2.24) is 9.55 Å². The van der Waals surface area contributed by atoms with Crippen LogP contribution in [0.5, 0.6) is 0 Å². The van der Waals surface area contributed by atoms with Gasteiger partial charge in [-0.1, -0.05) is 6.07 Å². The average Bonchev–Trinajstić information content (AvgIpc) is 2.55. The van der Waals surface area contributed by atoms with E-state index in [1.165, 1.54) is 0 Å². The zero-order valence-corrected chi connectivity index (χ0v) is 9.50. The van der Waals surface area contributed by atoms with Gasteiger partial charge in [0.15, 0.2) is 0 Å². The molecule has 1 heterocycles. The number of aryl methyl sites for hydroxylation is 1. The smallest absolute Gasteiger partial charge is 0.324 e. The second-order valence-corrected chi connectivity index (χ2v) is 4.11. The van der Waals surface area contributed by atoms with Crippen molar-refractivity contribution in [3.63, 3.8) is 0 Å². The first-order chi connectivity index (χ1) is 8.31. The number of hydrogen-bond donors (Lipinski definition) is 1. The third kappa shape index (κ3) is 2.12. The van der Waals surface area contributed by atoms with Crippen LogP contribution >= 0.6 is 0 Å². The van der Waals surface area contributed by atoms with Crippen LogP contribution in [0.25, 0.3) is 11.0 Å². The molecule has 0 radical (unpaired) electrons. The lowest BCUT2D eigenvalue weighted by Gasteiger charge is -2.17. The summed E-state index contributed by atoms with van der Waals surface area (Å²) in [6.45, 7) is 0.578. The zero-order chi connectivity index (χ0) is 13.5. The van der Waals surface area contributed by atoms with Crippen molar-refractivity contribution < 1.29 is 17.6 Å². The van der Waals surface area contributed by atoms with Crippen LogP contribution in [0.15, 0.2) is 18.2 Å². The Hall–Kier alpha value is -1.79. The lowest BCUT2D eigenvalue weighted by atomic mass is 10.2. The fraction of sp³-hybridized carbons (Fsp3) is 0.364. The minimum Gasteiger partial charge on any atom is -0.369 e. The Morgan fingerprint density at radius 3 is 2.67 bits per heavy atom. The fourth-order valence-electron chi connectivity index (χ4n) is 1.70. The van der Waals surface area contributed by atoms with Crippen LogP contribution < -0.4 is 5.73 Å². The maximum Gasteiger partial charge on any atom is 0.324 e. The number of hydrogen-bond acceptors (Lipinski definition) is 2. The molecule has 0 aliphatic carbocycles. The van der Waals surface area contributed by atoms with Crippen LogP contribution in [0, 0.1) is 6.92 Å². The molecule has 0 atom stereocenters. The maximum atomic E-state index is 13.1. The first-order valence-corrected chi connectivity index (χ1v) is 5.19. The molecular weight excluding hydrogens is 250 g/mol. The van der Waals surface area contributed by atoms with Crippen molar-refractivity contribution in [2.75, 3.05) is 5.73 Å². The number of aromatic nitrogens is 2. The number of nitrogen functional groups attached to an aromatic ring is 1. The van der Waals surface area contributed by atoms with E-state index in [2.05, 4.69) is 4.98 Å². The van der Waals surface area contributed by atoms with Crippen LogP contribution in [0.2, 0.25) is 0 Å². The number of nitrogens with zero attached hydrogens (tertiary/aromatic N) is 2. The number of halogens is 4. The highest BCUT2D eigenvalue weighted by Crippen LogP contribution is 2.28. The molecule has 7 heteroatoms. The van der Waals surface area contributed by atoms with Gasteiger partial charge in [0, 0.05) is 0 Å². The molecule has 0 fully saturated rings.